The minimum absolute atomic E-state index is 0.0563. The van der Waals surface area contributed by atoms with Crippen LogP contribution in [0.4, 0.5) is 11.4 Å². The van der Waals surface area contributed by atoms with Crippen molar-refractivity contribution in [3.8, 4) is 0 Å². The van der Waals surface area contributed by atoms with E-state index in [2.05, 4.69) is 15.0 Å². The standard InChI is InChI=1S/C15H15N3O4S/c1-10-14(23-9-17-10)8-16-12-5-3-11(4-6-15(19)22-2)7-13(12)18(20)21/h3-7,9,16H,8H2,1-2H3/b6-4+. The number of carbonyl (C=O) groups excluding carboxylic acids is 1. The first-order chi connectivity index (χ1) is 11.0. The molecule has 2 rings (SSSR count). The molecule has 0 amide bonds. The fraction of sp³-hybridized carbons (Fsp3) is 0.200. The van der Waals surface area contributed by atoms with Crippen LogP contribution in [-0.2, 0) is 16.1 Å². The van der Waals surface area contributed by atoms with Crippen molar-refractivity contribution in [2.75, 3.05) is 12.4 Å². The second-order valence-electron chi connectivity index (χ2n) is 4.60. The molecule has 1 aromatic heterocycles. The van der Waals surface area contributed by atoms with E-state index < -0.39 is 10.9 Å². The van der Waals surface area contributed by atoms with Gasteiger partial charge in [0.1, 0.15) is 5.69 Å². The minimum Gasteiger partial charge on any atom is -0.466 e. The molecule has 0 bridgehead atoms. The van der Waals surface area contributed by atoms with E-state index in [-0.39, 0.29) is 5.69 Å². The zero-order chi connectivity index (χ0) is 16.8. The molecule has 0 unspecified atom stereocenters. The van der Waals surface area contributed by atoms with Crippen molar-refractivity contribution in [2.24, 2.45) is 0 Å². The Labute approximate surface area is 136 Å². The fourth-order valence-corrected chi connectivity index (χ4v) is 2.57. The number of nitrogens with zero attached hydrogens (tertiary/aromatic N) is 2. The van der Waals surface area contributed by atoms with Gasteiger partial charge in [0.05, 0.1) is 29.8 Å². The molecule has 0 fully saturated rings. The normalized spacial score (nSPS) is 10.7. The first kappa shape index (κ1) is 16.6. The summed E-state index contributed by atoms with van der Waals surface area (Å²) in [7, 11) is 1.27. The van der Waals surface area contributed by atoms with E-state index in [0.717, 1.165) is 10.6 Å². The Bertz CT molecular complexity index is 755. The maximum Gasteiger partial charge on any atom is 0.330 e. The van der Waals surface area contributed by atoms with Gasteiger partial charge in [0.25, 0.3) is 5.69 Å². The molecule has 0 aliphatic heterocycles. The largest absolute Gasteiger partial charge is 0.466 e. The lowest BCUT2D eigenvalue weighted by atomic mass is 10.1. The van der Waals surface area contributed by atoms with Gasteiger partial charge < -0.3 is 10.1 Å². The summed E-state index contributed by atoms with van der Waals surface area (Å²) in [6.07, 6.45) is 2.68. The molecule has 0 atom stereocenters. The Balaban J connectivity index is 2.19. The molecule has 0 aliphatic carbocycles. The molecule has 1 aromatic carbocycles. The molecule has 2 aromatic rings. The second kappa shape index (κ2) is 7.50. The van der Waals surface area contributed by atoms with Gasteiger partial charge in [-0.2, -0.15) is 0 Å². The van der Waals surface area contributed by atoms with Crippen molar-refractivity contribution in [3.63, 3.8) is 0 Å². The smallest absolute Gasteiger partial charge is 0.330 e. The van der Waals surface area contributed by atoms with E-state index in [1.54, 1.807) is 17.6 Å². The van der Waals surface area contributed by atoms with Crippen molar-refractivity contribution in [1.82, 2.24) is 4.98 Å². The van der Waals surface area contributed by atoms with Crippen LogP contribution < -0.4 is 5.32 Å². The van der Waals surface area contributed by atoms with Gasteiger partial charge in [-0.15, -0.1) is 11.3 Å². The van der Waals surface area contributed by atoms with E-state index in [0.29, 0.717) is 17.8 Å². The number of carbonyl (C=O) groups is 1. The summed E-state index contributed by atoms with van der Waals surface area (Å²) < 4.78 is 4.49. The van der Waals surface area contributed by atoms with E-state index in [1.165, 1.54) is 36.7 Å². The van der Waals surface area contributed by atoms with Gasteiger partial charge in [0.2, 0.25) is 0 Å². The number of methoxy groups -OCH3 is 1. The van der Waals surface area contributed by atoms with Crippen molar-refractivity contribution in [1.29, 1.82) is 0 Å². The van der Waals surface area contributed by atoms with Crippen LogP contribution in [0.25, 0.3) is 6.08 Å². The third-order valence-corrected chi connectivity index (χ3v) is 4.05. The SMILES string of the molecule is COC(=O)/C=C/c1ccc(NCc2scnc2C)c([N+](=O)[O-])c1. The van der Waals surface area contributed by atoms with Gasteiger partial charge in [0.15, 0.2) is 0 Å². The highest BCUT2D eigenvalue weighted by molar-refractivity contribution is 7.09. The number of nitro groups is 1. The Morgan fingerprint density at radius 3 is 2.91 bits per heavy atom. The highest BCUT2D eigenvalue weighted by Gasteiger charge is 2.14. The van der Waals surface area contributed by atoms with Crippen LogP contribution >= 0.6 is 11.3 Å². The summed E-state index contributed by atoms with van der Waals surface area (Å²) in [5.41, 5.74) is 3.54. The van der Waals surface area contributed by atoms with E-state index >= 15 is 0 Å². The predicted molar refractivity (Wildman–Crippen MR) is 88.3 cm³/mol. The molecule has 8 heteroatoms. The molecule has 0 spiro atoms. The summed E-state index contributed by atoms with van der Waals surface area (Å²) in [4.78, 5) is 27.0. The number of hydrogen-bond donors (Lipinski definition) is 1. The van der Waals surface area contributed by atoms with E-state index in [9.17, 15) is 14.9 Å². The van der Waals surface area contributed by atoms with Gasteiger partial charge in [-0.05, 0) is 24.6 Å². The summed E-state index contributed by atoms with van der Waals surface area (Å²) >= 11 is 1.49. The molecule has 0 saturated carbocycles. The summed E-state index contributed by atoms with van der Waals surface area (Å²) in [6, 6.07) is 4.71. The zero-order valence-corrected chi connectivity index (χ0v) is 13.4. The lowest BCUT2D eigenvalue weighted by molar-refractivity contribution is -0.384. The van der Waals surface area contributed by atoms with Gasteiger partial charge in [0, 0.05) is 17.0 Å². The Hall–Kier alpha value is -2.74. The van der Waals surface area contributed by atoms with Gasteiger partial charge in [-0.3, -0.25) is 10.1 Å². The number of ether oxygens (including phenoxy) is 1. The van der Waals surface area contributed by atoms with Crippen LogP contribution in [0.3, 0.4) is 0 Å². The molecular formula is C15H15N3O4S. The number of hydrogen-bond acceptors (Lipinski definition) is 7. The van der Waals surface area contributed by atoms with Crippen LogP contribution in [0.5, 0.6) is 0 Å². The number of esters is 1. The van der Waals surface area contributed by atoms with Crippen LogP contribution in [0.2, 0.25) is 0 Å². The van der Waals surface area contributed by atoms with Crippen molar-refractivity contribution < 1.29 is 14.5 Å². The summed E-state index contributed by atoms with van der Waals surface area (Å²) in [6.45, 7) is 2.36. The monoisotopic (exact) mass is 333 g/mol. The van der Waals surface area contributed by atoms with E-state index in [1.807, 2.05) is 6.92 Å². The maximum absolute atomic E-state index is 11.2. The molecule has 120 valence electrons. The van der Waals surface area contributed by atoms with E-state index in [4.69, 9.17) is 0 Å². The topological polar surface area (TPSA) is 94.4 Å². The van der Waals surface area contributed by atoms with Crippen LogP contribution in [0, 0.1) is 17.0 Å². The molecular weight excluding hydrogens is 318 g/mol. The molecule has 0 aliphatic rings. The zero-order valence-electron chi connectivity index (χ0n) is 12.6. The predicted octanol–water partition coefficient (Wildman–Crippen LogP) is 3.16. The molecule has 7 nitrogen and oxygen atoms in total. The van der Waals surface area contributed by atoms with Crippen LogP contribution in [-0.4, -0.2) is 23.0 Å². The number of thiazole rings is 1. The Morgan fingerprint density at radius 2 is 2.30 bits per heavy atom. The number of aryl methyl sites for hydroxylation is 1. The van der Waals surface area contributed by atoms with Crippen LogP contribution in [0.1, 0.15) is 16.1 Å². The third kappa shape index (κ3) is 4.36. The quantitative estimate of drug-likeness (QED) is 0.378. The maximum atomic E-state index is 11.2. The number of benzene rings is 1. The molecule has 1 N–H and O–H groups in total. The lowest BCUT2D eigenvalue weighted by Crippen LogP contribution is -2.03. The molecule has 0 radical (unpaired) electrons. The first-order valence-corrected chi connectivity index (χ1v) is 7.56. The first-order valence-electron chi connectivity index (χ1n) is 6.68. The van der Waals surface area contributed by atoms with Gasteiger partial charge in [-0.1, -0.05) is 6.07 Å². The molecule has 23 heavy (non-hydrogen) atoms. The van der Waals surface area contributed by atoms with Gasteiger partial charge in [-0.25, -0.2) is 9.78 Å². The number of aromatic nitrogens is 1. The number of rotatable bonds is 6. The molecule has 1 heterocycles. The highest BCUT2D eigenvalue weighted by Crippen LogP contribution is 2.27. The average Bonchev–Trinajstić information content (AvgIpc) is 2.95. The number of nitro benzene ring substituents is 1. The average molecular weight is 333 g/mol. The fourth-order valence-electron chi connectivity index (χ4n) is 1.86. The Morgan fingerprint density at radius 1 is 1.52 bits per heavy atom. The number of anilines is 1. The highest BCUT2D eigenvalue weighted by atomic mass is 32.1. The third-order valence-electron chi connectivity index (χ3n) is 3.12. The summed E-state index contributed by atoms with van der Waals surface area (Å²) in [5.74, 6) is -0.518. The minimum atomic E-state index is -0.518. The Kier molecular flexibility index (Phi) is 5.42. The lowest BCUT2D eigenvalue weighted by Gasteiger charge is -2.07. The van der Waals surface area contributed by atoms with Crippen molar-refractivity contribution in [3.05, 3.63) is 56.0 Å². The van der Waals surface area contributed by atoms with Crippen molar-refractivity contribution in [2.45, 2.75) is 13.5 Å². The van der Waals surface area contributed by atoms with Gasteiger partial charge >= 0.3 is 5.97 Å². The van der Waals surface area contributed by atoms with Crippen molar-refractivity contribution >= 4 is 34.8 Å². The summed E-state index contributed by atoms with van der Waals surface area (Å²) in [5, 5.41) is 14.3. The second-order valence-corrected chi connectivity index (χ2v) is 5.54. The number of nitrogens with one attached hydrogen (secondary N) is 1. The van der Waals surface area contributed by atoms with Crippen LogP contribution in [0.15, 0.2) is 29.8 Å². The molecule has 0 saturated heterocycles.